The molecule has 0 spiro atoms. The number of hydrogen-bond donors (Lipinski definition) is 1. The van der Waals surface area contributed by atoms with Crippen molar-refractivity contribution in [3.05, 3.63) is 81.4 Å². The Hall–Kier alpha value is -2.89. The minimum atomic E-state index is -0.325. The van der Waals surface area contributed by atoms with E-state index in [-0.39, 0.29) is 18.8 Å². The van der Waals surface area contributed by atoms with E-state index in [9.17, 15) is 9.90 Å². The third-order valence-electron chi connectivity index (χ3n) is 4.60. The fraction of sp³-hybridized carbons (Fsp3) is 0.143. The summed E-state index contributed by atoms with van der Waals surface area (Å²) in [5.74, 6) is 0.437. The van der Waals surface area contributed by atoms with E-state index in [0.29, 0.717) is 27.2 Å². The van der Waals surface area contributed by atoms with Crippen LogP contribution in [0.25, 0.3) is 21.7 Å². The summed E-state index contributed by atoms with van der Waals surface area (Å²) in [5, 5.41) is 12.4. The van der Waals surface area contributed by atoms with Gasteiger partial charge in [0.2, 0.25) is 0 Å². The van der Waals surface area contributed by atoms with Gasteiger partial charge in [-0.15, -0.1) is 0 Å². The normalized spacial score (nSPS) is 11.2. The Balaban J connectivity index is 1.79. The Morgan fingerprint density at radius 1 is 1.11 bits per heavy atom. The number of halogens is 1. The largest absolute Gasteiger partial charge is 0.485 e. The van der Waals surface area contributed by atoms with Crippen LogP contribution in [0.1, 0.15) is 11.4 Å². The molecule has 2 aromatic carbocycles. The molecule has 0 aliphatic heterocycles. The lowest BCUT2D eigenvalue weighted by atomic mass is 10.1. The van der Waals surface area contributed by atoms with E-state index in [1.54, 1.807) is 25.2 Å². The quantitative estimate of drug-likeness (QED) is 0.584. The highest BCUT2D eigenvalue weighted by molar-refractivity contribution is 6.31. The second-order valence-corrected chi connectivity index (χ2v) is 6.71. The lowest BCUT2D eigenvalue weighted by Gasteiger charge is -2.16. The van der Waals surface area contributed by atoms with Crippen LogP contribution in [0.2, 0.25) is 5.02 Å². The first kappa shape index (κ1) is 17.5. The van der Waals surface area contributed by atoms with Crippen molar-refractivity contribution in [2.45, 2.75) is 13.2 Å². The summed E-state index contributed by atoms with van der Waals surface area (Å²) < 4.78 is 7.43. The van der Waals surface area contributed by atoms with Crippen LogP contribution in [0.4, 0.5) is 0 Å². The maximum absolute atomic E-state index is 12.5. The standard InChI is InChI=1S/C21H17ClN2O3/c1-24-19(11-25)20(17-10-14(22)7-9-16(17)21(24)26)27-12-15-8-6-13-4-2-3-5-18(13)23-15/h2-10,25H,11-12H2,1H3. The van der Waals surface area contributed by atoms with E-state index in [1.807, 2.05) is 36.4 Å². The minimum absolute atomic E-state index is 0.206. The summed E-state index contributed by atoms with van der Waals surface area (Å²) in [6, 6.07) is 16.8. The fourth-order valence-corrected chi connectivity index (χ4v) is 3.35. The van der Waals surface area contributed by atoms with Crippen molar-refractivity contribution < 1.29 is 9.84 Å². The number of fused-ring (bicyclic) bond motifs is 2. The molecule has 4 rings (SSSR count). The maximum atomic E-state index is 12.5. The zero-order valence-corrected chi connectivity index (χ0v) is 15.4. The van der Waals surface area contributed by atoms with Gasteiger partial charge in [-0.3, -0.25) is 4.79 Å². The average Bonchev–Trinajstić information content (AvgIpc) is 2.69. The highest BCUT2D eigenvalue weighted by Gasteiger charge is 2.16. The van der Waals surface area contributed by atoms with Crippen LogP contribution in [0.15, 0.2) is 59.4 Å². The smallest absolute Gasteiger partial charge is 0.258 e. The molecule has 6 heteroatoms. The summed E-state index contributed by atoms with van der Waals surface area (Å²) >= 11 is 6.12. The molecule has 5 nitrogen and oxygen atoms in total. The molecule has 136 valence electrons. The lowest BCUT2D eigenvalue weighted by molar-refractivity contribution is 0.248. The zero-order chi connectivity index (χ0) is 19.0. The van der Waals surface area contributed by atoms with Gasteiger partial charge >= 0.3 is 0 Å². The summed E-state index contributed by atoms with van der Waals surface area (Å²) in [4.78, 5) is 17.1. The van der Waals surface area contributed by atoms with Gasteiger partial charge in [-0.05, 0) is 30.3 Å². The number of aliphatic hydroxyl groups is 1. The number of hydrogen-bond acceptors (Lipinski definition) is 4. The van der Waals surface area contributed by atoms with Crippen LogP contribution in [0, 0.1) is 0 Å². The molecule has 1 N–H and O–H groups in total. The highest BCUT2D eigenvalue weighted by atomic mass is 35.5. The number of nitrogens with zero attached hydrogens (tertiary/aromatic N) is 2. The van der Waals surface area contributed by atoms with E-state index in [0.717, 1.165) is 16.6 Å². The molecule has 0 saturated heterocycles. The maximum Gasteiger partial charge on any atom is 0.258 e. The van der Waals surface area contributed by atoms with Crippen LogP contribution < -0.4 is 10.3 Å². The van der Waals surface area contributed by atoms with Crippen molar-refractivity contribution in [3.8, 4) is 5.75 Å². The molecule has 27 heavy (non-hydrogen) atoms. The van der Waals surface area contributed by atoms with Gasteiger partial charge in [-0.1, -0.05) is 35.9 Å². The molecular weight excluding hydrogens is 364 g/mol. The first-order valence-electron chi connectivity index (χ1n) is 8.48. The Morgan fingerprint density at radius 2 is 1.93 bits per heavy atom. The Bertz CT molecular complexity index is 1220. The Kier molecular flexibility index (Phi) is 4.56. The molecule has 0 saturated carbocycles. The highest BCUT2D eigenvalue weighted by Crippen LogP contribution is 2.30. The molecule has 0 amide bonds. The molecule has 4 aromatic rings. The zero-order valence-electron chi connectivity index (χ0n) is 14.6. The third kappa shape index (κ3) is 3.16. The second-order valence-electron chi connectivity index (χ2n) is 6.27. The van der Waals surface area contributed by atoms with Crippen LogP contribution >= 0.6 is 11.6 Å². The van der Waals surface area contributed by atoms with Gasteiger partial charge in [-0.25, -0.2) is 4.98 Å². The van der Waals surface area contributed by atoms with Crippen molar-refractivity contribution >= 4 is 33.3 Å². The minimum Gasteiger partial charge on any atom is -0.485 e. The lowest BCUT2D eigenvalue weighted by Crippen LogP contribution is -2.22. The van der Waals surface area contributed by atoms with E-state index < -0.39 is 0 Å². The van der Waals surface area contributed by atoms with E-state index >= 15 is 0 Å². The van der Waals surface area contributed by atoms with Crippen molar-refractivity contribution in [1.82, 2.24) is 9.55 Å². The van der Waals surface area contributed by atoms with Gasteiger partial charge < -0.3 is 14.4 Å². The van der Waals surface area contributed by atoms with E-state index in [2.05, 4.69) is 4.98 Å². The summed E-state index contributed by atoms with van der Waals surface area (Å²) in [6.45, 7) is -0.119. The Morgan fingerprint density at radius 3 is 2.74 bits per heavy atom. The van der Waals surface area contributed by atoms with Gasteiger partial charge in [0.15, 0.2) is 0 Å². The van der Waals surface area contributed by atoms with E-state index in [1.165, 1.54) is 4.57 Å². The molecule has 0 aliphatic carbocycles. The molecule has 0 unspecified atom stereocenters. The van der Waals surface area contributed by atoms with Gasteiger partial charge in [0, 0.05) is 22.8 Å². The van der Waals surface area contributed by atoms with Crippen LogP contribution in [-0.2, 0) is 20.3 Å². The predicted octanol–water partition coefficient (Wildman–Crippen LogP) is 3.81. The monoisotopic (exact) mass is 380 g/mol. The molecule has 0 atom stereocenters. The molecule has 0 aliphatic rings. The molecular formula is C21H17ClN2O3. The third-order valence-corrected chi connectivity index (χ3v) is 4.83. The fourth-order valence-electron chi connectivity index (χ4n) is 3.18. The summed E-state index contributed by atoms with van der Waals surface area (Å²) in [7, 11) is 1.61. The molecule has 2 heterocycles. The van der Waals surface area contributed by atoms with Crippen molar-refractivity contribution in [1.29, 1.82) is 0 Å². The van der Waals surface area contributed by atoms with Crippen LogP contribution in [0.5, 0.6) is 5.75 Å². The molecule has 0 bridgehead atoms. The number of para-hydroxylation sites is 1. The number of aliphatic hydroxyl groups excluding tert-OH is 1. The SMILES string of the molecule is Cn1c(CO)c(OCc2ccc3ccccc3n2)c2cc(Cl)ccc2c1=O. The van der Waals surface area contributed by atoms with Crippen molar-refractivity contribution in [3.63, 3.8) is 0 Å². The average molecular weight is 381 g/mol. The van der Waals surface area contributed by atoms with Gasteiger partial charge in [0.1, 0.15) is 12.4 Å². The Labute approximate surface area is 160 Å². The van der Waals surface area contributed by atoms with Crippen molar-refractivity contribution in [2.24, 2.45) is 7.05 Å². The van der Waals surface area contributed by atoms with Crippen LogP contribution in [0.3, 0.4) is 0 Å². The number of rotatable bonds is 4. The first-order chi connectivity index (χ1) is 13.1. The van der Waals surface area contributed by atoms with Gasteiger partial charge in [-0.2, -0.15) is 0 Å². The topological polar surface area (TPSA) is 64.3 Å². The first-order valence-corrected chi connectivity index (χ1v) is 8.85. The second kappa shape index (κ2) is 7.02. The van der Waals surface area contributed by atoms with Gasteiger partial charge in [0.05, 0.1) is 28.9 Å². The molecule has 2 aromatic heterocycles. The molecule has 0 fully saturated rings. The number of benzene rings is 2. The summed E-state index contributed by atoms with van der Waals surface area (Å²) in [5.41, 5.74) is 1.83. The van der Waals surface area contributed by atoms with Gasteiger partial charge in [0.25, 0.3) is 5.56 Å². The molecule has 0 radical (unpaired) electrons. The predicted molar refractivity (Wildman–Crippen MR) is 106 cm³/mol. The number of aromatic nitrogens is 2. The number of ether oxygens (including phenoxy) is 1. The van der Waals surface area contributed by atoms with E-state index in [4.69, 9.17) is 16.3 Å². The van der Waals surface area contributed by atoms with Crippen LogP contribution in [-0.4, -0.2) is 14.7 Å². The van der Waals surface area contributed by atoms with Crippen molar-refractivity contribution in [2.75, 3.05) is 0 Å². The summed E-state index contributed by atoms with van der Waals surface area (Å²) in [6.07, 6.45) is 0. The number of pyridine rings is 2.